The predicted octanol–water partition coefficient (Wildman–Crippen LogP) is 3.18. The smallest absolute Gasteiger partial charge is 0.122 e. The number of nitrogens with zero attached hydrogens (tertiary/aromatic N) is 1. The fourth-order valence-electron chi connectivity index (χ4n) is 1.83. The summed E-state index contributed by atoms with van der Waals surface area (Å²) in [5.41, 5.74) is 1.35. The number of hydrogen-bond acceptors (Lipinski definition) is 3. The van der Waals surface area contributed by atoms with Gasteiger partial charge in [-0.15, -0.1) is 6.58 Å². The molecule has 0 bridgehead atoms. The van der Waals surface area contributed by atoms with Gasteiger partial charge in [-0.3, -0.25) is 4.90 Å². The van der Waals surface area contributed by atoms with Gasteiger partial charge in [-0.25, -0.2) is 0 Å². The van der Waals surface area contributed by atoms with Crippen molar-refractivity contribution in [3.63, 3.8) is 0 Å². The van der Waals surface area contributed by atoms with Crippen LogP contribution in [0.25, 0.3) is 0 Å². The average Bonchev–Trinajstić information content (AvgIpc) is 2.72. The van der Waals surface area contributed by atoms with E-state index in [1.165, 1.54) is 5.56 Å². The first-order valence-corrected chi connectivity index (χ1v) is 6.61. The van der Waals surface area contributed by atoms with Crippen molar-refractivity contribution in [3.05, 3.63) is 36.3 Å². The molecular formula is C15H26N2O. The first-order chi connectivity index (χ1) is 8.49. The van der Waals surface area contributed by atoms with Gasteiger partial charge in [-0.1, -0.05) is 13.0 Å². The lowest BCUT2D eigenvalue weighted by Crippen LogP contribution is -2.41. The first kappa shape index (κ1) is 15.0. The minimum Gasteiger partial charge on any atom is -0.468 e. The summed E-state index contributed by atoms with van der Waals surface area (Å²) < 4.78 is 5.62. The molecule has 0 saturated carbocycles. The summed E-state index contributed by atoms with van der Waals surface area (Å²) in [4.78, 5) is 2.36. The van der Waals surface area contributed by atoms with Crippen molar-refractivity contribution in [1.29, 1.82) is 0 Å². The molecular weight excluding hydrogens is 224 g/mol. The molecule has 0 unspecified atom stereocenters. The van der Waals surface area contributed by atoms with Gasteiger partial charge in [0.05, 0.1) is 12.8 Å². The Balaban J connectivity index is 2.74. The second-order valence-corrected chi connectivity index (χ2v) is 5.49. The lowest BCUT2D eigenvalue weighted by atomic mass is 10.1. The maximum Gasteiger partial charge on any atom is 0.122 e. The summed E-state index contributed by atoms with van der Waals surface area (Å²) >= 11 is 0. The highest BCUT2D eigenvalue weighted by molar-refractivity contribution is 5.17. The molecule has 0 aliphatic heterocycles. The van der Waals surface area contributed by atoms with Crippen LogP contribution in [-0.2, 0) is 13.1 Å². The van der Waals surface area contributed by atoms with E-state index < -0.39 is 0 Å². The summed E-state index contributed by atoms with van der Waals surface area (Å²) in [5, 5.41) is 3.34. The molecule has 102 valence electrons. The molecule has 0 spiro atoms. The first-order valence-electron chi connectivity index (χ1n) is 6.61. The molecule has 1 N–H and O–H groups in total. The molecule has 1 aromatic rings. The topological polar surface area (TPSA) is 28.4 Å². The normalized spacial score (nSPS) is 12.1. The largest absolute Gasteiger partial charge is 0.468 e. The van der Waals surface area contributed by atoms with E-state index in [1.54, 1.807) is 6.26 Å². The molecule has 0 saturated heterocycles. The number of nitrogens with one attached hydrogen (secondary N) is 1. The zero-order valence-electron chi connectivity index (χ0n) is 12.1. The third-order valence-electron chi connectivity index (χ3n) is 3.04. The highest BCUT2D eigenvalue weighted by Crippen LogP contribution is 2.20. The molecule has 0 aliphatic rings. The van der Waals surface area contributed by atoms with Gasteiger partial charge in [0.2, 0.25) is 0 Å². The van der Waals surface area contributed by atoms with Crippen molar-refractivity contribution < 1.29 is 4.42 Å². The molecule has 1 aromatic heterocycles. The Bertz CT molecular complexity index is 363. The van der Waals surface area contributed by atoms with Crippen LogP contribution in [0.15, 0.2) is 29.4 Å². The van der Waals surface area contributed by atoms with Crippen LogP contribution < -0.4 is 5.32 Å². The van der Waals surface area contributed by atoms with Gasteiger partial charge in [0.1, 0.15) is 5.76 Å². The van der Waals surface area contributed by atoms with Crippen LogP contribution in [0.4, 0.5) is 0 Å². The van der Waals surface area contributed by atoms with Gasteiger partial charge in [0, 0.05) is 24.2 Å². The van der Waals surface area contributed by atoms with Crippen LogP contribution in [0.1, 0.15) is 39.0 Å². The molecule has 0 aromatic carbocycles. The van der Waals surface area contributed by atoms with Crippen molar-refractivity contribution >= 4 is 0 Å². The lowest BCUT2D eigenvalue weighted by molar-refractivity contribution is 0.134. The quantitative estimate of drug-likeness (QED) is 0.753. The molecule has 0 aliphatic carbocycles. The predicted molar refractivity (Wildman–Crippen MR) is 76.4 cm³/mol. The zero-order valence-corrected chi connectivity index (χ0v) is 12.1. The second kappa shape index (κ2) is 6.76. The summed E-state index contributed by atoms with van der Waals surface area (Å²) in [6.07, 6.45) is 3.72. The van der Waals surface area contributed by atoms with E-state index in [0.717, 1.165) is 31.9 Å². The fourth-order valence-corrected chi connectivity index (χ4v) is 1.83. The van der Waals surface area contributed by atoms with Gasteiger partial charge >= 0.3 is 0 Å². The SMILES string of the molecule is C=CCN(Cc1occc1CNCC)C(C)(C)C. The highest BCUT2D eigenvalue weighted by Gasteiger charge is 2.22. The Morgan fingerprint density at radius 2 is 2.17 bits per heavy atom. The Hall–Kier alpha value is -1.06. The minimum absolute atomic E-state index is 0.108. The van der Waals surface area contributed by atoms with Crippen LogP contribution in [0.2, 0.25) is 0 Å². The van der Waals surface area contributed by atoms with Crippen LogP contribution in [0, 0.1) is 0 Å². The molecule has 3 heteroatoms. The highest BCUT2D eigenvalue weighted by atomic mass is 16.3. The van der Waals surface area contributed by atoms with E-state index in [4.69, 9.17) is 4.42 Å². The van der Waals surface area contributed by atoms with Crippen molar-refractivity contribution in [3.8, 4) is 0 Å². The maximum atomic E-state index is 5.62. The molecule has 0 radical (unpaired) electrons. The summed E-state index contributed by atoms with van der Waals surface area (Å²) in [7, 11) is 0. The Labute approximate surface area is 111 Å². The van der Waals surface area contributed by atoms with Crippen molar-refractivity contribution in [2.45, 2.75) is 46.3 Å². The van der Waals surface area contributed by atoms with E-state index in [2.05, 4.69) is 44.5 Å². The van der Waals surface area contributed by atoms with Gasteiger partial charge in [-0.2, -0.15) is 0 Å². The van der Waals surface area contributed by atoms with E-state index >= 15 is 0 Å². The molecule has 3 nitrogen and oxygen atoms in total. The molecule has 0 fully saturated rings. The van der Waals surface area contributed by atoms with Crippen LogP contribution in [-0.4, -0.2) is 23.5 Å². The molecule has 0 amide bonds. The van der Waals surface area contributed by atoms with Crippen LogP contribution in [0.3, 0.4) is 0 Å². The third kappa shape index (κ3) is 4.31. The van der Waals surface area contributed by atoms with Gasteiger partial charge in [0.15, 0.2) is 0 Å². The minimum atomic E-state index is 0.108. The number of hydrogen-bond donors (Lipinski definition) is 1. The monoisotopic (exact) mass is 250 g/mol. The summed E-state index contributed by atoms with van der Waals surface area (Å²) in [5.74, 6) is 1.05. The van der Waals surface area contributed by atoms with Gasteiger partial charge in [0.25, 0.3) is 0 Å². The van der Waals surface area contributed by atoms with Crippen molar-refractivity contribution in [2.75, 3.05) is 13.1 Å². The second-order valence-electron chi connectivity index (χ2n) is 5.49. The number of furan rings is 1. The van der Waals surface area contributed by atoms with Crippen molar-refractivity contribution in [1.82, 2.24) is 10.2 Å². The summed E-state index contributed by atoms with van der Waals surface area (Å²) in [6.45, 7) is 16.1. The Kier molecular flexibility index (Phi) is 5.63. The lowest BCUT2D eigenvalue weighted by Gasteiger charge is -2.34. The Morgan fingerprint density at radius 3 is 2.72 bits per heavy atom. The zero-order chi connectivity index (χ0) is 13.6. The molecule has 1 rings (SSSR count). The summed E-state index contributed by atoms with van der Waals surface area (Å²) in [6, 6.07) is 2.05. The van der Waals surface area contributed by atoms with Crippen LogP contribution in [0.5, 0.6) is 0 Å². The van der Waals surface area contributed by atoms with Gasteiger partial charge < -0.3 is 9.73 Å². The average molecular weight is 250 g/mol. The molecule has 18 heavy (non-hydrogen) atoms. The number of rotatable bonds is 7. The standard InChI is InChI=1S/C15H26N2O/c1-6-9-17(15(3,4)5)12-14-13(8-10-18-14)11-16-7-2/h6,8,10,16H,1,7,9,11-12H2,2-5H3. The van der Waals surface area contributed by atoms with Crippen LogP contribution >= 0.6 is 0 Å². The molecule has 0 atom stereocenters. The van der Waals surface area contributed by atoms with Gasteiger partial charge in [-0.05, 0) is 33.4 Å². The molecule has 1 heterocycles. The van der Waals surface area contributed by atoms with E-state index in [-0.39, 0.29) is 5.54 Å². The van der Waals surface area contributed by atoms with Crippen molar-refractivity contribution in [2.24, 2.45) is 0 Å². The van der Waals surface area contributed by atoms with E-state index in [0.29, 0.717) is 0 Å². The van der Waals surface area contributed by atoms with E-state index in [1.807, 2.05) is 12.1 Å². The maximum absolute atomic E-state index is 5.62. The Morgan fingerprint density at radius 1 is 1.44 bits per heavy atom. The fraction of sp³-hybridized carbons (Fsp3) is 0.600. The third-order valence-corrected chi connectivity index (χ3v) is 3.04. The van der Waals surface area contributed by atoms with E-state index in [9.17, 15) is 0 Å².